The molecular weight excluding hydrogens is 1040 g/mol. The van der Waals surface area contributed by atoms with Crippen molar-refractivity contribution in [3.05, 3.63) is 122 Å². The zero-order valence-corrected chi connectivity index (χ0v) is 57.8. The number of aryl methyl sites for hydroxylation is 11. The lowest BCUT2D eigenvalue weighted by Crippen LogP contribution is -2.06. The molecule has 4 saturated carbocycles. The fraction of sp³-hybridized carbons (Fsp3) is 0.700. The molecule has 14 heteroatoms. The number of aromatic nitrogens is 14. The fourth-order valence-electron chi connectivity index (χ4n) is 13.0. The van der Waals surface area contributed by atoms with E-state index in [4.69, 9.17) is 4.98 Å². The van der Waals surface area contributed by atoms with Crippen LogP contribution in [0.1, 0.15) is 302 Å². The second-order valence-electron chi connectivity index (χ2n) is 26.2. The molecule has 0 atom stereocenters. The van der Waals surface area contributed by atoms with Gasteiger partial charge in [0.2, 0.25) is 0 Å². The standard InChI is InChI=1S/C12H20N2.2C11H18N2.C10H16N2.2C9H16N2.C8H14N2/c1-9-12(13-10(2)14(9)3)11-7-5-4-6-8-11;1-8-11(10-6-4-5-7-10)12-9(2)13(8)3;1-9-12-11(8-13(9)2)10-6-4-3-5-7-10;1-8-11-10(7-12(8)2)9-5-3-4-6-9;1-6(2)9-7(3)11(5)8(4)10-9;1-6(2)11-8(4)7(3)10-9(11)5;1-6(2)10-5-7(3)9-8(10)4/h11H,4-8H2,1-3H3;10H,4-7H2,1-3H3;8,10H,3-7H2,1-2H3;7,9H,3-6H2,1-2H3;2*6H,1-5H3;5-6H,1-4H3. The van der Waals surface area contributed by atoms with E-state index < -0.39 is 0 Å². The van der Waals surface area contributed by atoms with Gasteiger partial charge in [-0.05, 0) is 175 Å². The van der Waals surface area contributed by atoms with Crippen LogP contribution in [0.2, 0.25) is 0 Å². The van der Waals surface area contributed by atoms with Crippen molar-refractivity contribution in [2.24, 2.45) is 35.2 Å². The lowest BCUT2D eigenvalue weighted by atomic mass is 9.86. The van der Waals surface area contributed by atoms with Gasteiger partial charge in [0, 0.05) is 112 Å². The molecule has 0 spiro atoms. The Morgan fingerprint density at radius 2 is 0.714 bits per heavy atom. The van der Waals surface area contributed by atoms with Crippen LogP contribution in [0.3, 0.4) is 0 Å². The van der Waals surface area contributed by atoms with Crippen LogP contribution in [0, 0.1) is 90.0 Å². The maximum Gasteiger partial charge on any atom is 0.106 e. The summed E-state index contributed by atoms with van der Waals surface area (Å²) in [6.45, 7) is 40.2. The van der Waals surface area contributed by atoms with Crippen molar-refractivity contribution in [3.63, 3.8) is 0 Å². The predicted octanol–water partition coefficient (Wildman–Crippen LogP) is 17.6. The summed E-state index contributed by atoms with van der Waals surface area (Å²) in [5.74, 6) is 11.4. The molecule has 4 aliphatic rings. The summed E-state index contributed by atoms with van der Waals surface area (Å²) >= 11 is 0. The molecular formula is C70H118N14. The molecule has 7 aromatic rings. The average Bonchev–Trinajstić information content (AvgIpc) is 4.46. The lowest BCUT2D eigenvalue weighted by Gasteiger charge is -2.20. The van der Waals surface area contributed by atoms with E-state index >= 15 is 0 Å². The van der Waals surface area contributed by atoms with E-state index in [9.17, 15) is 0 Å². The van der Waals surface area contributed by atoms with E-state index in [1.807, 2.05) is 20.8 Å². The number of nitrogens with zero attached hydrogens (tertiary/aromatic N) is 14. The van der Waals surface area contributed by atoms with Crippen molar-refractivity contribution < 1.29 is 0 Å². The summed E-state index contributed by atoms with van der Waals surface area (Å²) in [5.41, 5.74) is 14.1. The molecule has 0 aliphatic heterocycles. The quantitative estimate of drug-likeness (QED) is 0.156. The van der Waals surface area contributed by atoms with Crippen molar-refractivity contribution in [1.29, 1.82) is 0 Å². The molecule has 0 unspecified atom stereocenters. The number of rotatable bonds is 7. The smallest absolute Gasteiger partial charge is 0.106 e. The third-order valence-corrected chi connectivity index (χ3v) is 18.9. The number of hydrogen-bond donors (Lipinski definition) is 0. The molecule has 7 aromatic heterocycles. The van der Waals surface area contributed by atoms with Gasteiger partial charge < -0.3 is 32.0 Å². The second-order valence-corrected chi connectivity index (χ2v) is 26.2. The van der Waals surface area contributed by atoms with Gasteiger partial charge in [0.05, 0.1) is 39.9 Å². The Morgan fingerprint density at radius 3 is 0.940 bits per heavy atom. The van der Waals surface area contributed by atoms with Crippen LogP contribution in [0.5, 0.6) is 0 Å². The predicted molar refractivity (Wildman–Crippen MR) is 351 cm³/mol. The van der Waals surface area contributed by atoms with E-state index in [1.54, 1.807) is 0 Å². The van der Waals surface area contributed by atoms with Gasteiger partial charge in [-0.15, -0.1) is 0 Å². The molecule has 4 aliphatic carbocycles. The van der Waals surface area contributed by atoms with Gasteiger partial charge in [0.25, 0.3) is 0 Å². The Balaban J connectivity index is 0.000000180. The highest BCUT2D eigenvalue weighted by molar-refractivity contribution is 5.22. The lowest BCUT2D eigenvalue weighted by molar-refractivity contribution is 0.436. The average molecular weight is 1160 g/mol. The highest BCUT2D eigenvalue weighted by atomic mass is 15.1. The first-order valence-electron chi connectivity index (χ1n) is 32.7. The summed E-state index contributed by atoms with van der Waals surface area (Å²) in [7, 11) is 10.4. The van der Waals surface area contributed by atoms with E-state index in [0.29, 0.717) is 18.0 Å². The monoisotopic (exact) mass is 1150 g/mol. The minimum Gasteiger partial charge on any atom is -0.338 e. The molecule has 0 aromatic carbocycles. The second kappa shape index (κ2) is 32.3. The maximum absolute atomic E-state index is 4.70. The minimum atomic E-state index is 0.524. The first-order chi connectivity index (χ1) is 39.6. The van der Waals surface area contributed by atoms with Gasteiger partial charge in [0.1, 0.15) is 40.8 Å². The summed E-state index contributed by atoms with van der Waals surface area (Å²) in [4.78, 5) is 31.7. The Hall–Kier alpha value is -5.53. The van der Waals surface area contributed by atoms with Gasteiger partial charge in [-0.3, -0.25) is 0 Å². The van der Waals surface area contributed by atoms with E-state index in [1.165, 1.54) is 167 Å². The minimum absolute atomic E-state index is 0.524. The van der Waals surface area contributed by atoms with Crippen LogP contribution in [-0.4, -0.2) is 66.9 Å². The van der Waals surface area contributed by atoms with Crippen LogP contribution >= 0.6 is 0 Å². The molecule has 0 radical (unpaired) electrons. The summed E-state index contributed by atoms with van der Waals surface area (Å²) in [6, 6.07) is 1.05. The summed E-state index contributed by atoms with van der Waals surface area (Å²) in [6.07, 6.45) is 31.2. The molecule has 0 N–H and O–H groups in total. The molecule has 11 rings (SSSR count). The van der Waals surface area contributed by atoms with Gasteiger partial charge in [-0.25, -0.2) is 34.9 Å². The third-order valence-electron chi connectivity index (χ3n) is 18.9. The highest BCUT2D eigenvalue weighted by Crippen LogP contribution is 2.37. The summed E-state index contributed by atoms with van der Waals surface area (Å²) < 4.78 is 15.2. The molecule has 468 valence electrons. The number of hydrogen-bond acceptors (Lipinski definition) is 7. The molecule has 14 nitrogen and oxygen atoms in total. The van der Waals surface area contributed by atoms with Crippen molar-refractivity contribution in [3.8, 4) is 0 Å². The Morgan fingerprint density at radius 1 is 0.345 bits per heavy atom. The first-order valence-corrected chi connectivity index (χ1v) is 32.7. The maximum atomic E-state index is 4.70. The molecule has 7 heterocycles. The van der Waals surface area contributed by atoms with Gasteiger partial charge in [0.15, 0.2) is 0 Å². The van der Waals surface area contributed by atoms with E-state index in [-0.39, 0.29) is 0 Å². The van der Waals surface area contributed by atoms with Crippen LogP contribution in [0.15, 0.2) is 18.6 Å². The van der Waals surface area contributed by atoms with E-state index in [0.717, 1.165) is 75.8 Å². The topological polar surface area (TPSA) is 125 Å². The molecule has 4 fully saturated rings. The van der Waals surface area contributed by atoms with Crippen LogP contribution in [0.4, 0.5) is 0 Å². The molecule has 0 bridgehead atoms. The Labute approximate surface area is 510 Å². The van der Waals surface area contributed by atoms with Crippen molar-refractivity contribution in [2.45, 2.75) is 289 Å². The Kier molecular flexibility index (Phi) is 26.6. The fourth-order valence-corrected chi connectivity index (χ4v) is 13.0. The van der Waals surface area contributed by atoms with Crippen LogP contribution < -0.4 is 0 Å². The van der Waals surface area contributed by atoms with Crippen LogP contribution in [0.25, 0.3) is 0 Å². The van der Waals surface area contributed by atoms with Gasteiger partial charge >= 0.3 is 0 Å². The normalized spacial score (nSPS) is 15.8. The molecule has 0 saturated heterocycles. The first kappa shape index (κ1) is 69.2. The van der Waals surface area contributed by atoms with Crippen LogP contribution in [-0.2, 0) is 35.2 Å². The van der Waals surface area contributed by atoms with Crippen molar-refractivity contribution >= 4 is 0 Å². The largest absolute Gasteiger partial charge is 0.338 e. The zero-order chi connectivity index (χ0) is 62.3. The third kappa shape index (κ3) is 18.7. The van der Waals surface area contributed by atoms with Crippen molar-refractivity contribution in [1.82, 2.24) is 66.9 Å². The number of imidazole rings is 7. The van der Waals surface area contributed by atoms with E-state index in [2.05, 4.69) is 226 Å². The van der Waals surface area contributed by atoms with Gasteiger partial charge in [-0.2, -0.15) is 0 Å². The SMILES string of the molecule is Cc1cn(C(C)C)c(C)n1.Cc1nc(C(C)C)c(C)n1C.Cc1nc(C)n(C(C)C)c1C.Cc1nc(C2CCCC2)c(C)n1C.Cc1nc(C2CCCC2)cn1C.Cc1nc(C2CCCCC2)c(C)n1C.Cc1nc(C2CCCCC2)cn1C. The zero-order valence-electron chi connectivity index (χ0n) is 57.8. The van der Waals surface area contributed by atoms with Crippen molar-refractivity contribution in [2.75, 3.05) is 0 Å². The highest BCUT2D eigenvalue weighted by Gasteiger charge is 2.24. The Bertz CT molecular complexity index is 3030. The van der Waals surface area contributed by atoms with Gasteiger partial charge in [-0.1, -0.05) is 78.1 Å². The molecule has 84 heavy (non-hydrogen) atoms. The summed E-state index contributed by atoms with van der Waals surface area (Å²) in [5, 5.41) is 0. The molecule has 0 amide bonds.